The fourth-order valence-corrected chi connectivity index (χ4v) is 4.76. The molecule has 0 radical (unpaired) electrons. The average Bonchev–Trinajstić information content (AvgIpc) is 3.34. The van der Waals surface area contributed by atoms with Gasteiger partial charge in [0.15, 0.2) is 6.29 Å². The number of methoxy groups -OCH3 is 1. The highest BCUT2D eigenvalue weighted by Gasteiger charge is 2.42. The van der Waals surface area contributed by atoms with E-state index in [0.717, 1.165) is 38.5 Å². The zero-order chi connectivity index (χ0) is 30.5. The Bertz CT molecular complexity index is 653. The van der Waals surface area contributed by atoms with Crippen molar-refractivity contribution < 1.29 is 44.2 Å². The molecule has 11 heteroatoms. The molecule has 2 unspecified atom stereocenters. The summed E-state index contributed by atoms with van der Waals surface area (Å²) in [5, 5.41) is 41.9. The van der Waals surface area contributed by atoms with Crippen LogP contribution in [0.2, 0.25) is 0 Å². The molecule has 2 amide bonds. The van der Waals surface area contributed by atoms with Gasteiger partial charge in [-0.15, -0.1) is 0 Å². The lowest BCUT2D eigenvalue weighted by atomic mass is 9.92. The van der Waals surface area contributed by atoms with E-state index in [0.29, 0.717) is 45.6 Å². The van der Waals surface area contributed by atoms with Crippen LogP contribution in [-0.4, -0.2) is 114 Å². The number of likely N-dealkylation sites (tertiary alicyclic amines) is 1. The van der Waals surface area contributed by atoms with Crippen LogP contribution in [0.1, 0.15) is 92.4 Å². The zero-order valence-corrected chi connectivity index (χ0v) is 25.7. The van der Waals surface area contributed by atoms with Gasteiger partial charge in [-0.25, -0.2) is 0 Å². The van der Waals surface area contributed by atoms with Gasteiger partial charge in [-0.2, -0.15) is 0 Å². The number of carbonyl (C=O) groups excluding carboxylic acids is 2. The van der Waals surface area contributed by atoms with Crippen molar-refractivity contribution in [3.63, 3.8) is 0 Å². The number of aliphatic hydroxyl groups is 4. The summed E-state index contributed by atoms with van der Waals surface area (Å²) >= 11 is 0. The summed E-state index contributed by atoms with van der Waals surface area (Å²) in [7, 11) is 1.60. The largest absolute Gasteiger partial charge is 0.394 e. The Morgan fingerprint density at radius 1 is 0.950 bits per heavy atom. The van der Waals surface area contributed by atoms with Gasteiger partial charge in [-0.3, -0.25) is 9.59 Å². The molecule has 0 bridgehead atoms. The van der Waals surface area contributed by atoms with Gasteiger partial charge in [-0.1, -0.05) is 47.5 Å². The third kappa shape index (κ3) is 14.0. The van der Waals surface area contributed by atoms with Crippen molar-refractivity contribution in [2.24, 2.45) is 5.92 Å². The summed E-state index contributed by atoms with van der Waals surface area (Å²) in [5.74, 6) is -0.354. The molecule has 238 valence electrons. The number of nitrogens with zero attached hydrogens (tertiary/aromatic N) is 1. The molecule has 2 aliphatic heterocycles. The van der Waals surface area contributed by atoms with Gasteiger partial charge < -0.3 is 44.9 Å². The number of carbonyl (C=O) groups is 2. The minimum Gasteiger partial charge on any atom is -0.394 e. The maximum atomic E-state index is 12.4. The van der Waals surface area contributed by atoms with Crippen LogP contribution in [-0.2, 0) is 23.8 Å². The number of hydrogen-bond donors (Lipinski definition) is 5. The van der Waals surface area contributed by atoms with E-state index in [1.807, 2.05) is 27.7 Å². The van der Waals surface area contributed by atoms with Crippen molar-refractivity contribution in [1.82, 2.24) is 10.2 Å². The summed E-state index contributed by atoms with van der Waals surface area (Å²) in [5.41, 5.74) is 0. The lowest BCUT2D eigenvalue weighted by molar-refractivity contribution is -0.282. The van der Waals surface area contributed by atoms with Gasteiger partial charge >= 0.3 is 0 Å². The third-order valence-electron chi connectivity index (χ3n) is 6.98. The second-order valence-corrected chi connectivity index (χ2v) is 9.95. The van der Waals surface area contributed by atoms with Crippen molar-refractivity contribution in [3.05, 3.63) is 0 Å². The molecule has 7 atom stereocenters. The van der Waals surface area contributed by atoms with Crippen LogP contribution < -0.4 is 5.32 Å². The van der Waals surface area contributed by atoms with Crippen LogP contribution in [0.5, 0.6) is 0 Å². The Morgan fingerprint density at radius 3 is 2.25 bits per heavy atom. The highest BCUT2D eigenvalue weighted by molar-refractivity contribution is 5.77. The topological polar surface area (TPSA) is 158 Å². The molecular weight excluding hydrogens is 520 g/mol. The van der Waals surface area contributed by atoms with E-state index in [-0.39, 0.29) is 17.9 Å². The highest BCUT2D eigenvalue weighted by Crippen LogP contribution is 2.27. The lowest BCUT2D eigenvalue weighted by Gasteiger charge is -2.40. The van der Waals surface area contributed by atoms with Crippen LogP contribution in [0.15, 0.2) is 0 Å². The first-order chi connectivity index (χ1) is 19.3. The molecule has 0 aliphatic carbocycles. The van der Waals surface area contributed by atoms with E-state index in [4.69, 9.17) is 14.2 Å². The van der Waals surface area contributed by atoms with Gasteiger partial charge in [0.05, 0.1) is 31.5 Å². The van der Waals surface area contributed by atoms with E-state index in [1.54, 1.807) is 18.9 Å². The van der Waals surface area contributed by atoms with Crippen molar-refractivity contribution >= 4 is 11.8 Å². The standard InChI is InChI=1S/C25H46N2O9.2C2H6/c1-17-23(32)24(33)20(15-28)36-25(17)35-12-8-4-5-9-21(30)26-11-7-3-6-10-22(31)27-14-19(29)13-18(27)16-34-2;2*1-2/h17-20,23-25,28-29,32-33H,3-16H2,1-2H3,(H,26,30);2*1-2H3/t17?,18-,19+,20?,23+,24-,25+;;/m0../s1. The maximum absolute atomic E-state index is 12.4. The fraction of sp³-hybridized carbons (Fsp3) is 0.931. The lowest BCUT2D eigenvalue weighted by Crippen LogP contribution is -2.55. The Labute approximate surface area is 241 Å². The highest BCUT2D eigenvalue weighted by atomic mass is 16.7. The van der Waals surface area contributed by atoms with E-state index >= 15 is 0 Å². The van der Waals surface area contributed by atoms with E-state index in [1.165, 1.54) is 0 Å². The molecule has 5 N–H and O–H groups in total. The molecule has 40 heavy (non-hydrogen) atoms. The maximum Gasteiger partial charge on any atom is 0.222 e. The van der Waals surface area contributed by atoms with Crippen molar-refractivity contribution in [2.75, 3.05) is 40.0 Å². The van der Waals surface area contributed by atoms with Crippen LogP contribution >= 0.6 is 0 Å². The molecular formula is C29H58N2O9. The van der Waals surface area contributed by atoms with E-state index in [9.17, 15) is 30.0 Å². The van der Waals surface area contributed by atoms with E-state index in [2.05, 4.69) is 5.32 Å². The quantitative estimate of drug-likeness (QED) is 0.173. The molecule has 2 heterocycles. The predicted octanol–water partition coefficient (Wildman–Crippen LogP) is 1.98. The Hall–Kier alpha value is -1.34. The third-order valence-corrected chi connectivity index (χ3v) is 6.98. The number of hydrogen-bond acceptors (Lipinski definition) is 9. The molecule has 2 aliphatic rings. The predicted molar refractivity (Wildman–Crippen MR) is 154 cm³/mol. The van der Waals surface area contributed by atoms with Gasteiger partial charge in [0.1, 0.15) is 12.2 Å². The second-order valence-electron chi connectivity index (χ2n) is 9.95. The van der Waals surface area contributed by atoms with Crippen LogP contribution in [0, 0.1) is 5.92 Å². The molecule has 2 fully saturated rings. The summed E-state index contributed by atoms with van der Waals surface area (Å²) in [4.78, 5) is 26.2. The first-order valence-corrected chi connectivity index (χ1v) is 15.3. The molecule has 2 rings (SSSR count). The first-order valence-electron chi connectivity index (χ1n) is 15.3. The molecule has 0 aromatic heterocycles. The van der Waals surface area contributed by atoms with Crippen LogP contribution in [0.4, 0.5) is 0 Å². The summed E-state index contributed by atoms with van der Waals surface area (Å²) in [6, 6.07) is -0.0481. The minimum atomic E-state index is -1.13. The normalized spacial score (nSPS) is 27.8. The van der Waals surface area contributed by atoms with Crippen LogP contribution in [0.3, 0.4) is 0 Å². The monoisotopic (exact) mass is 578 g/mol. The second kappa shape index (κ2) is 23.2. The molecule has 0 aromatic carbocycles. The Balaban J connectivity index is 0.00000363. The summed E-state index contributed by atoms with van der Waals surface area (Å²) < 4.78 is 16.3. The van der Waals surface area contributed by atoms with Gasteiger partial charge in [0, 0.05) is 45.6 Å². The zero-order valence-electron chi connectivity index (χ0n) is 25.7. The van der Waals surface area contributed by atoms with Gasteiger partial charge in [0.25, 0.3) is 0 Å². The molecule has 0 spiro atoms. The van der Waals surface area contributed by atoms with Crippen molar-refractivity contribution in [2.45, 2.75) is 129 Å². The van der Waals surface area contributed by atoms with Gasteiger partial charge in [-0.05, 0) is 32.1 Å². The van der Waals surface area contributed by atoms with E-state index < -0.39 is 43.2 Å². The molecule has 0 saturated carbocycles. The number of amides is 2. The van der Waals surface area contributed by atoms with Crippen molar-refractivity contribution in [3.8, 4) is 0 Å². The average molecular weight is 579 g/mol. The number of aliphatic hydroxyl groups excluding tert-OH is 4. The summed E-state index contributed by atoms with van der Waals surface area (Å²) in [6.07, 6.45) is 1.93. The molecule has 0 aromatic rings. The van der Waals surface area contributed by atoms with Crippen molar-refractivity contribution in [1.29, 1.82) is 0 Å². The minimum absolute atomic E-state index is 0.00703. The number of ether oxygens (including phenoxy) is 3. The smallest absolute Gasteiger partial charge is 0.222 e. The molecule has 2 saturated heterocycles. The summed E-state index contributed by atoms with van der Waals surface area (Å²) in [6.45, 7) is 11.1. The number of rotatable bonds is 16. The molecule has 11 nitrogen and oxygen atoms in total. The SMILES string of the molecule is CC.CC.COC[C@@H]1C[C@@H](O)CN1C(=O)CCCCCNC(=O)CCCCCO[C@@H]1OC(CO)[C@H](O)[C@H](O)C1C. The van der Waals surface area contributed by atoms with Gasteiger partial charge in [0.2, 0.25) is 11.8 Å². The number of β-amino-alcohol motifs (C(OH)–C–C–N with tert-alkyl or cyclic N) is 1. The first kappa shape index (κ1) is 38.7. The number of unbranched alkanes of at least 4 members (excludes halogenated alkanes) is 4. The van der Waals surface area contributed by atoms with Crippen LogP contribution in [0.25, 0.3) is 0 Å². The Morgan fingerprint density at radius 2 is 1.60 bits per heavy atom. The number of nitrogens with one attached hydrogen (secondary N) is 1. The fourth-order valence-electron chi connectivity index (χ4n) is 4.76. The Kier molecular flexibility index (Phi) is 22.5.